The van der Waals surface area contributed by atoms with E-state index in [9.17, 15) is 24.9 Å². The average molecular weight is 551 g/mol. The highest BCUT2D eigenvalue weighted by atomic mass is 35.5. The van der Waals surface area contributed by atoms with Crippen molar-refractivity contribution in [1.82, 2.24) is 5.32 Å². The van der Waals surface area contributed by atoms with Gasteiger partial charge in [-0.3, -0.25) is 10.1 Å². The van der Waals surface area contributed by atoms with Crippen LogP contribution in [0.4, 0.5) is 10.5 Å². The third kappa shape index (κ3) is 5.41. The van der Waals surface area contributed by atoms with Crippen LogP contribution in [0.25, 0.3) is 0 Å². The number of allylic oxidation sites excluding steroid dienone is 3. The Bertz CT molecular complexity index is 1170. The summed E-state index contributed by atoms with van der Waals surface area (Å²) in [4.78, 5) is 26.9. The van der Waals surface area contributed by atoms with Gasteiger partial charge in [-0.1, -0.05) is 42.3 Å². The topological polar surface area (TPSA) is 141 Å². The third-order valence-corrected chi connectivity index (χ3v) is 8.13. The molecule has 4 rings (SSSR count). The van der Waals surface area contributed by atoms with Gasteiger partial charge in [-0.05, 0) is 38.0 Å². The normalized spacial score (nSPS) is 38.3. The molecule has 0 spiro atoms. The molecule has 4 N–H and O–H groups in total. The zero-order valence-corrected chi connectivity index (χ0v) is 22.9. The van der Waals surface area contributed by atoms with Crippen LogP contribution in [0.15, 0.2) is 35.9 Å². The van der Waals surface area contributed by atoms with Crippen molar-refractivity contribution in [3.63, 3.8) is 0 Å². The summed E-state index contributed by atoms with van der Waals surface area (Å²) in [6.45, 7) is 5.35. The SMILES string of the molecule is COc1cc2cc(c1Cl)N(C)C(=O)CC(O)C1(C)OC1C(C)C1CC(O)(NC(=O)O1)C(O)/C=C/C=C(\C)C2. The van der Waals surface area contributed by atoms with Crippen LogP contribution in [0.1, 0.15) is 39.2 Å². The Hall–Kier alpha value is -2.63. The number of rotatable bonds is 1. The number of aliphatic hydroxyl groups excluding tert-OH is 2. The Morgan fingerprint density at radius 2 is 1.97 bits per heavy atom. The smallest absolute Gasteiger partial charge is 0.409 e. The van der Waals surface area contributed by atoms with Crippen LogP contribution >= 0.6 is 11.6 Å². The summed E-state index contributed by atoms with van der Waals surface area (Å²) >= 11 is 6.55. The van der Waals surface area contributed by atoms with Gasteiger partial charge in [0.1, 0.15) is 28.6 Å². The molecule has 4 bridgehead atoms. The second-order valence-electron chi connectivity index (χ2n) is 10.6. The van der Waals surface area contributed by atoms with Crippen LogP contribution in [0.2, 0.25) is 5.02 Å². The molecular formula is C27H35ClN2O8. The third-order valence-electron chi connectivity index (χ3n) is 7.75. The number of benzene rings is 1. The zero-order valence-electron chi connectivity index (χ0n) is 22.1. The molecule has 3 aliphatic heterocycles. The minimum Gasteiger partial charge on any atom is -0.495 e. The second kappa shape index (κ2) is 10.5. The van der Waals surface area contributed by atoms with Crippen molar-refractivity contribution in [2.75, 3.05) is 19.1 Å². The number of alkyl carbamates (subject to hydrolysis) is 1. The molecule has 0 saturated carbocycles. The molecule has 1 aromatic rings. The number of aliphatic hydroxyl groups is 3. The first-order valence-electron chi connectivity index (χ1n) is 12.5. The molecule has 11 heteroatoms. The van der Waals surface area contributed by atoms with Crippen LogP contribution in [0, 0.1) is 5.92 Å². The molecule has 0 aliphatic carbocycles. The lowest BCUT2D eigenvalue weighted by atomic mass is 9.84. The standard InChI is InChI=1S/C27H35ClN2O8/c1-14-7-6-8-20(31)27(35)13-19(37-25(34)29-27)15(2)24-26(3,38-24)21(32)12-22(33)30(4)17-10-16(9-14)11-18(36-5)23(17)28/h6-8,10-11,15,19-21,24,31-32,35H,9,12-13H2,1-5H3,(H,29,34)/b8-6+,14-7+. The minimum absolute atomic E-state index is 0.105. The first-order valence-corrected chi connectivity index (χ1v) is 12.9. The van der Waals surface area contributed by atoms with E-state index in [0.29, 0.717) is 17.9 Å². The van der Waals surface area contributed by atoms with Crippen molar-refractivity contribution >= 4 is 29.3 Å². The van der Waals surface area contributed by atoms with E-state index in [-0.39, 0.29) is 23.8 Å². The van der Waals surface area contributed by atoms with Gasteiger partial charge in [0.15, 0.2) is 5.72 Å². The van der Waals surface area contributed by atoms with Gasteiger partial charge in [0, 0.05) is 19.4 Å². The van der Waals surface area contributed by atoms with Crippen molar-refractivity contribution in [2.45, 2.75) is 75.8 Å². The van der Waals surface area contributed by atoms with Crippen LogP contribution in [-0.2, 0) is 20.7 Å². The fourth-order valence-corrected chi connectivity index (χ4v) is 5.51. The van der Waals surface area contributed by atoms with Crippen molar-refractivity contribution in [2.24, 2.45) is 5.92 Å². The zero-order chi connectivity index (χ0) is 28.0. The summed E-state index contributed by atoms with van der Waals surface area (Å²) in [6, 6.07) is 3.57. The first-order chi connectivity index (χ1) is 17.8. The van der Waals surface area contributed by atoms with Gasteiger partial charge in [0.25, 0.3) is 0 Å². The average Bonchev–Trinajstić information content (AvgIpc) is 3.55. The van der Waals surface area contributed by atoms with E-state index in [4.69, 9.17) is 25.8 Å². The molecule has 2 fully saturated rings. The van der Waals surface area contributed by atoms with Crippen LogP contribution in [0.3, 0.4) is 0 Å². The lowest BCUT2D eigenvalue weighted by molar-refractivity contribution is -0.133. The maximum atomic E-state index is 13.2. The van der Waals surface area contributed by atoms with Crippen molar-refractivity contribution < 1.29 is 39.1 Å². The molecule has 10 nitrogen and oxygen atoms in total. The lowest BCUT2D eigenvalue weighted by Crippen LogP contribution is -2.63. The maximum absolute atomic E-state index is 13.2. The molecule has 0 radical (unpaired) electrons. The number of anilines is 1. The number of carbonyl (C=O) groups excluding carboxylic acids is 2. The number of methoxy groups -OCH3 is 1. The van der Waals surface area contributed by atoms with Gasteiger partial charge < -0.3 is 34.4 Å². The summed E-state index contributed by atoms with van der Waals surface area (Å²) in [6.07, 6.45) is 0.107. The monoisotopic (exact) mass is 550 g/mol. The lowest BCUT2D eigenvalue weighted by Gasteiger charge is -2.41. The number of amides is 2. The fourth-order valence-electron chi connectivity index (χ4n) is 5.20. The number of nitrogens with one attached hydrogen (secondary N) is 1. The highest BCUT2D eigenvalue weighted by molar-refractivity contribution is 6.35. The number of nitrogens with zero attached hydrogens (tertiary/aromatic N) is 1. The summed E-state index contributed by atoms with van der Waals surface area (Å²) in [5.41, 5.74) is -0.860. The van der Waals surface area contributed by atoms with Crippen LogP contribution in [-0.4, -0.2) is 77.2 Å². The van der Waals surface area contributed by atoms with Gasteiger partial charge in [-0.2, -0.15) is 0 Å². The molecule has 7 unspecified atom stereocenters. The second-order valence-corrected chi connectivity index (χ2v) is 11.0. The van der Waals surface area contributed by atoms with E-state index in [0.717, 1.165) is 11.1 Å². The molecule has 1 aromatic carbocycles. The molecule has 0 aromatic heterocycles. The predicted molar refractivity (Wildman–Crippen MR) is 140 cm³/mol. The van der Waals surface area contributed by atoms with E-state index < -0.39 is 47.8 Å². The molecular weight excluding hydrogens is 516 g/mol. The van der Waals surface area contributed by atoms with Gasteiger partial charge in [0.2, 0.25) is 5.91 Å². The van der Waals surface area contributed by atoms with Crippen molar-refractivity contribution in [3.05, 3.63) is 46.5 Å². The summed E-state index contributed by atoms with van der Waals surface area (Å²) in [5, 5.41) is 35.5. The highest BCUT2D eigenvalue weighted by Gasteiger charge is 2.62. The number of hydrogen-bond acceptors (Lipinski definition) is 8. The number of halogens is 1. The van der Waals surface area contributed by atoms with Gasteiger partial charge in [-0.15, -0.1) is 0 Å². The van der Waals surface area contributed by atoms with E-state index >= 15 is 0 Å². The van der Waals surface area contributed by atoms with Crippen molar-refractivity contribution in [1.29, 1.82) is 0 Å². The molecule has 208 valence electrons. The number of epoxide rings is 1. The summed E-state index contributed by atoms with van der Waals surface area (Å²) < 4.78 is 16.7. The quantitative estimate of drug-likeness (QED) is 0.391. The number of ether oxygens (including phenoxy) is 3. The summed E-state index contributed by atoms with van der Waals surface area (Å²) in [5.74, 6) is -0.419. The molecule has 2 saturated heterocycles. The Kier molecular flexibility index (Phi) is 7.84. The maximum Gasteiger partial charge on any atom is 0.409 e. The van der Waals surface area contributed by atoms with E-state index in [1.807, 2.05) is 6.92 Å². The number of carbonyl (C=O) groups is 2. The Morgan fingerprint density at radius 3 is 2.66 bits per heavy atom. The summed E-state index contributed by atoms with van der Waals surface area (Å²) in [7, 11) is 3.07. The van der Waals surface area contributed by atoms with Gasteiger partial charge >= 0.3 is 6.09 Å². The highest BCUT2D eigenvalue weighted by Crippen LogP contribution is 2.48. The molecule has 7 atom stereocenters. The minimum atomic E-state index is -1.96. The fraction of sp³-hybridized carbons (Fsp3) is 0.556. The Balaban J connectivity index is 1.73. The Morgan fingerprint density at radius 1 is 1.26 bits per heavy atom. The number of hydrogen-bond donors (Lipinski definition) is 4. The van der Waals surface area contributed by atoms with Crippen molar-refractivity contribution in [3.8, 4) is 5.75 Å². The van der Waals surface area contributed by atoms with Gasteiger partial charge in [0.05, 0.1) is 31.4 Å². The van der Waals surface area contributed by atoms with E-state index in [2.05, 4.69) is 5.32 Å². The van der Waals surface area contributed by atoms with Crippen LogP contribution in [0.5, 0.6) is 5.75 Å². The van der Waals surface area contributed by atoms with E-state index in [1.54, 1.807) is 45.2 Å². The number of fused-ring (bicyclic) bond motifs is 5. The van der Waals surface area contributed by atoms with E-state index in [1.165, 1.54) is 18.1 Å². The van der Waals surface area contributed by atoms with Crippen LogP contribution < -0.4 is 15.0 Å². The first kappa shape index (κ1) is 28.4. The molecule has 3 aliphatic rings. The molecule has 2 amide bonds. The molecule has 3 heterocycles. The largest absolute Gasteiger partial charge is 0.495 e. The molecule has 38 heavy (non-hydrogen) atoms. The van der Waals surface area contributed by atoms with Gasteiger partial charge in [-0.25, -0.2) is 4.79 Å². The predicted octanol–water partition coefficient (Wildman–Crippen LogP) is 2.46. The Labute approximate surface area is 226 Å².